The summed E-state index contributed by atoms with van der Waals surface area (Å²) in [7, 11) is 0. The van der Waals surface area contributed by atoms with Gasteiger partial charge in [-0.3, -0.25) is 14.9 Å². The van der Waals surface area contributed by atoms with Crippen LogP contribution in [0.5, 0.6) is 0 Å². The van der Waals surface area contributed by atoms with E-state index in [2.05, 4.69) is 0 Å². The minimum Gasteiger partial charge on any atom is -0.338 e. The number of amides is 1. The first-order valence-electron chi connectivity index (χ1n) is 6.89. The van der Waals surface area contributed by atoms with Gasteiger partial charge in [0.15, 0.2) is 0 Å². The van der Waals surface area contributed by atoms with Gasteiger partial charge in [-0.25, -0.2) is 0 Å². The third-order valence-corrected chi connectivity index (χ3v) is 4.21. The van der Waals surface area contributed by atoms with Gasteiger partial charge in [-0.15, -0.1) is 12.4 Å². The molecule has 1 aromatic carbocycles. The molecule has 2 rings (SSSR count). The molecule has 0 aliphatic carbocycles. The number of nitro groups is 1. The lowest BCUT2D eigenvalue weighted by molar-refractivity contribution is -0.385. The molecule has 2 unspecified atom stereocenters. The fourth-order valence-corrected chi connectivity index (χ4v) is 2.91. The Balaban J connectivity index is 0.00000242. The van der Waals surface area contributed by atoms with E-state index in [1.54, 1.807) is 4.90 Å². The number of carbonyl (C=O) groups is 1. The zero-order valence-electron chi connectivity index (χ0n) is 12.2. The summed E-state index contributed by atoms with van der Waals surface area (Å²) < 4.78 is 0. The molecule has 122 valence electrons. The number of hydrogen-bond donors (Lipinski definition) is 1. The Bertz CT molecular complexity index is 566. The van der Waals surface area contributed by atoms with Crippen molar-refractivity contribution in [2.24, 2.45) is 11.7 Å². The monoisotopic (exact) mass is 347 g/mol. The molecule has 2 atom stereocenters. The van der Waals surface area contributed by atoms with Crippen molar-refractivity contribution >= 4 is 35.6 Å². The Morgan fingerprint density at radius 3 is 2.82 bits per heavy atom. The van der Waals surface area contributed by atoms with Crippen molar-refractivity contribution in [3.63, 3.8) is 0 Å². The summed E-state index contributed by atoms with van der Waals surface area (Å²) in [6, 6.07) is 4.25. The van der Waals surface area contributed by atoms with E-state index < -0.39 is 10.8 Å². The molecule has 2 N–H and O–H groups in total. The van der Waals surface area contributed by atoms with E-state index >= 15 is 0 Å². The van der Waals surface area contributed by atoms with Gasteiger partial charge in [0.1, 0.15) is 5.56 Å². The quantitative estimate of drug-likeness (QED) is 0.672. The highest BCUT2D eigenvalue weighted by Crippen LogP contribution is 2.29. The van der Waals surface area contributed by atoms with Crippen LogP contribution in [-0.4, -0.2) is 34.9 Å². The number of benzene rings is 1. The molecule has 1 saturated heterocycles. The van der Waals surface area contributed by atoms with Gasteiger partial charge in [-0.05, 0) is 31.7 Å². The Morgan fingerprint density at radius 1 is 1.55 bits per heavy atom. The molecule has 6 nitrogen and oxygen atoms in total. The summed E-state index contributed by atoms with van der Waals surface area (Å²) in [4.78, 5) is 24.7. The van der Waals surface area contributed by atoms with E-state index in [4.69, 9.17) is 17.3 Å². The van der Waals surface area contributed by atoms with Gasteiger partial charge in [0.2, 0.25) is 0 Å². The molecule has 22 heavy (non-hydrogen) atoms. The first kappa shape index (κ1) is 18.7. The second-order valence-electron chi connectivity index (χ2n) is 5.40. The zero-order chi connectivity index (χ0) is 15.6. The third kappa shape index (κ3) is 3.88. The van der Waals surface area contributed by atoms with Crippen molar-refractivity contribution in [2.45, 2.75) is 25.8 Å². The van der Waals surface area contributed by atoms with Gasteiger partial charge >= 0.3 is 0 Å². The molecule has 1 fully saturated rings. The Kier molecular flexibility index (Phi) is 6.59. The number of carbonyl (C=O) groups excluding carboxylic acids is 1. The molecule has 1 aromatic rings. The second kappa shape index (κ2) is 7.76. The fraction of sp³-hybridized carbons (Fsp3) is 0.500. The number of piperidine rings is 1. The second-order valence-corrected chi connectivity index (χ2v) is 5.81. The van der Waals surface area contributed by atoms with Gasteiger partial charge in [-0.1, -0.05) is 17.7 Å². The number of nitrogens with two attached hydrogens (primary N) is 1. The highest BCUT2D eigenvalue weighted by Gasteiger charge is 2.31. The van der Waals surface area contributed by atoms with Crippen molar-refractivity contribution < 1.29 is 9.72 Å². The topological polar surface area (TPSA) is 89.5 Å². The van der Waals surface area contributed by atoms with Crippen LogP contribution >= 0.6 is 24.0 Å². The summed E-state index contributed by atoms with van der Waals surface area (Å²) in [6.45, 7) is 3.00. The molecular formula is C14H19Cl2N3O3. The molecule has 0 aromatic heterocycles. The Labute approximate surface area is 140 Å². The van der Waals surface area contributed by atoms with Gasteiger partial charge < -0.3 is 10.6 Å². The maximum absolute atomic E-state index is 12.6. The first-order valence-corrected chi connectivity index (χ1v) is 7.27. The highest BCUT2D eigenvalue weighted by atomic mass is 35.5. The predicted molar refractivity (Wildman–Crippen MR) is 87.6 cm³/mol. The van der Waals surface area contributed by atoms with Gasteiger partial charge in [0.25, 0.3) is 11.6 Å². The SMILES string of the molecule is CC(N)C1CCCN(C(=O)c2c(Cl)cccc2[N+](=O)[O-])C1.Cl. The fourth-order valence-electron chi connectivity index (χ4n) is 2.66. The third-order valence-electron chi connectivity index (χ3n) is 3.89. The lowest BCUT2D eigenvalue weighted by Crippen LogP contribution is -2.45. The first-order chi connectivity index (χ1) is 9.91. The number of nitro benzene ring substituents is 1. The van der Waals surface area contributed by atoms with Crippen LogP contribution in [0.3, 0.4) is 0 Å². The van der Waals surface area contributed by atoms with Crippen LogP contribution in [0.4, 0.5) is 5.69 Å². The maximum Gasteiger partial charge on any atom is 0.283 e. The van der Waals surface area contributed by atoms with Crippen LogP contribution in [0.25, 0.3) is 0 Å². The standard InChI is InChI=1S/C14H18ClN3O3.ClH/c1-9(16)10-4-3-7-17(8-10)14(19)13-11(15)5-2-6-12(13)18(20)21;/h2,5-6,9-10H,3-4,7-8,16H2,1H3;1H. The molecule has 0 radical (unpaired) electrons. The van der Waals surface area contributed by atoms with Gasteiger partial charge in [-0.2, -0.15) is 0 Å². The predicted octanol–water partition coefficient (Wildman–Crippen LogP) is 2.87. The smallest absolute Gasteiger partial charge is 0.283 e. The van der Waals surface area contributed by atoms with Crippen LogP contribution in [0.1, 0.15) is 30.1 Å². The number of halogens is 2. The number of likely N-dealkylation sites (tertiary alicyclic amines) is 1. The minimum absolute atomic E-state index is 0. The summed E-state index contributed by atoms with van der Waals surface area (Å²) >= 11 is 6.01. The summed E-state index contributed by atoms with van der Waals surface area (Å²) in [5, 5.41) is 11.2. The number of rotatable bonds is 3. The normalized spacial score (nSPS) is 19.2. The van der Waals surface area contributed by atoms with Crippen LogP contribution < -0.4 is 5.73 Å². The summed E-state index contributed by atoms with van der Waals surface area (Å²) in [5.41, 5.74) is 5.62. The van der Waals surface area contributed by atoms with Crippen molar-refractivity contribution in [2.75, 3.05) is 13.1 Å². The molecule has 0 spiro atoms. The Morgan fingerprint density at radius 2 is 2.23 bits per heavy atom. The van der Waals surface area contributed by atoms with Crippen LogP contribution in [0.15, 0.2) is 18.2 Å². The van der Waals surface area contributed by atoms with Crippen LogP contribution in [0, 0.1) is 16.0 Å². The van der Waals surface area contributed by atoms with Crippen molar-refractivity contribution in [3.8, 4) is 0 Å². The van der Waals surface area contributed by atoms with E-state index in [9.17, 15) is 14.9 Å². The van der Waals surface area contributed by atoms with Gasteiger partial charge in [0.05, 0.1) is 9.95 Å². The zero-order valence-corrected chi connectivity index (χ0v) is 13.8. The van der Waals surface area contributed by atoms with E-state index in [0.29, 0.717) is 13.1 Å². The van der Waals surface area contributed by atoms with Crippen molar-refractivity contribution in [1.29, 1.82) is 0 Å². The molecule has 1 heterocycles. The molecule has 8 heteroatoms. The number of nitrogens with zero attached hydrogens (tertiary/aromatic N) is 2. The molecule has 0 saturated carbocycles. The van der Waals surface area contributed by atoms with E-state index in [1.807, 2.05) is 6.92 Å². The van der Waals surface area contributed by atoms with E-state index in [-0.39, 0.29) is 40.6 Å². The summed E-state index contributed by atoms with van der Waals surface area (Å²) in [6.07, 6.45) is 1.81. The average Bonchev–Trinajstić information content (AvgIpc) is 2.46. The molecule has 1 aliphatic heterocycles. The van der Waals surface area contributed by atoms with Crippen molar-refractivity contribution in [1.82, 2.24) is 4.90 Å². The van der Waals surface area contributed by atoms with E-state index in [0.717, 1.165) is 12.8 Å². The highest BCUT2D eigenvalue weighted by molar-refractivity contribution is 6.34. The van der Waals surface area contributed by atoms with Gasteiger partial charge in [0, 0.05) is 25.2 Å². The molecule has 1 aliphatic rings. The molecule has 1 amide bonds. The average molecular weight is 348 g/mol. The maximum atomic E-state index is 12.6. The lowest BCUT2D eigenvalue weighted by Gasteiger charge is -2.34. The van der Waals surface area contributed by atoms with Crippen molar-refractivity contribution in [3.05, 3.63) is 38.9 Å². The van der Waals surface area contributed by atoms with E-state index in [1.165, 1.54) is 18.2 Å². The largest absolute Gasteiger partial charge is 0.338 e. The van der Waals surface area contributed by atoms with Crippen LogP contribution in [0.2, 0.25) is 5.02 Å². The molecule has 0 bridgehead atoms. The Hall–Kier alpha value is -1.37. The minimum atomic E-state index is -0.577. The number of hydrogen-bond acceptors (Lipinski definition) is 4. The van der Waals surface area contributed by atoms with Crippen LogP contribution in [-0.2, 0) is 0 Å². The molecular weight excluding hydrogens is 329 g/mol. The lowest BCUT2D eigenvalue weighted by atomic mass is 9.92. The summed E-state index contributed by atoms with van der Waals surface area (Å²) in [5.74, 6) is -0.179.